The molecular formula is C20H18O. The van der Waals surface area contributed by atoms with Crippen LogP contribution in [0.15, 0.2) is 78.9 Å². The topological polar surface area (TPSA) is 9.23 Å². The molecule has 3 aromatic carbocycles. The van der Waals surface area contributed by atoms with Crippen molar-refractivity contribution < 1.29 is 4.74 Å². The van der Waals surface area contributed by atoms with Gasteiger partial charge in [0.15, 0.2) is 0 Å². The molecule has 21 heavy (non-hydrogen) atoms. The van der Waals surface area contributed by atoms with Gasteiger partial charge in [0.05, 0.1) is 7.11 Å². The van der Waals surface area contributed by atoms with E-state index in [0.29, 0.717) is 0 Å². The minimum atomic E-state index is 0.888. The summed E-state index contributed by atoms with van der Waals surface area (Å²) in [6.07, 6.45) is 0.976. The van der Waals surface area contributed by atoms with Gasteiger partial charge in [0.2, 0.25) is 0 Å². The zero-order valence-electron chi connectivity index (χ0n) is 12.1. The molecule has 0 heterocycles. The Balaban J connectivity index is 1.77. The van der Waals surface area contributed by atoms with E-state index in [-0.39, 0.29) is 0 Å². The number of ether oxygens (including phenoxy) is 1. The SMILES string of the molecule is COc1ccc(-c2ccc(Cc3ccccc3)cc2)cc1. The second-order valence-corrected chi connectivity index (χ2v) is 5.09. The van der Waals surface area contributed by atoms with Gasteiger partial charge in [-0.15, -0.1) is 0 Å². The van der Waals surface area contributed by atoms with Crippen molar-refractivity contribution in [3.8, 4) is 16.9 Å². The van der Waals surface area contributed by atoms with Crippen molar-refractivity contribution in [2.75, 3.05) is 7.11 Å². The minimum Gasteiger partial charge on any atom is -0.497 e. The fraction of sp³-hybridized carbons (Fsp3) is 0.100. The molecule has 1 nitrogen and oxygen atoms in total. The normalized spacial score (nSPS) is 10.3. The molecule has 1 heteroatoms. The van der Waals surface area contributed by atoms with E-state index in [4.69, 9.17) is 4.74 Å². The van der Waals surface area contributed by atoms with Crippen LogP contribution in [0.5, 0.6) is 5.75 Å². The van der Waals surface area contributed by atoms with Crippen LogP contribution in [0.25, 0.3) is 11.1 Å². The van der Waals surface area contributed by atoms with Gasteiger partial charge in [-0.1, -0.05) is 66.7 Å². The van der Waals surface area contributed by atoms with E-state index in [1.165, 1.54) is 22.3 Å². The molecule has 0 atom stereocenters. The van der Waals surface area contributed by atoms with Crippen LogP contribution in [-0.4, -0.2) is 7.11 Å². The summed E-state index contributed by atoms with van der Waals surface area (Å²) in [6.45, 7) is 0. The van der Waals surface area contributed by atoms with E-state index >= 15 is 0 Å². The number of benzene rings is 3. The lowest BCUT2D eigenvalue weighted by Crippen LogP contribution is -1.88. The van der Waals surface area contributed by atoms with E-state index in [2.05, 4.69) is 66.7 Å². The Morgan fingerprint density at radius 3 is 1.71 bits per heavy atom. The second kappa shape index (κ2) is 6.27. The Morgan fingerprint density at radius 1 is 0.619 bits per heavy atom. The summed E-state index contributed by atoms with van der Waals surface area (Å²) in [5.41, 5.74) is 5.12. The summed E-state index contributed by atoms with van der Waals surface area (Å²) in [4.78, 5) is 0. The first kappa shape index (κ1) is 13.4. The molecular weight excluding hydrogens is 256 g/mol. The summed E-state index contributed by atoms with van der Waals surface area (Å²) in [5.74, 6) is 0.888. The van der Waals surface area contributed by atoms with Gasteiger partial charge in [0.25, 0.3) is 0 Å². The lowest BCUT2D eigenvalue weighted by molar-refractivity contribution is 0.415. The monoisotopic (exact) mass is 274 g/mol. The quantitative estimate of drug-likeness (QED) is 0.654. The predicted octanol–water partition coefficient (Wildman–Crippen LogP) is 4.95. The molecule has 0 N–H and O–H groups in total. The van der Waals surface area contributed by atoms with Crippen LogP contribution in [0.1, 0.15) is 11.1 Å². The van der Waals surface area contributed by atoms with Crippen molar-refractivity contribution in [2.45, 2.75) is 6.42 Å². The van der Waals surface area contributed by atoms with E-state index < -0.39 is 0 Å². The first-order valence-electron chi connectivity index (χ1n) is 7.12. The Morgan fingerprint density at radius 2 is 1.14 bits per heavy atom. The highest BCUT2D eigenvalue weighted by Crippen LogP contribution is 2.23. The highest BCUT2D eigenvalue weighted by molar-refractivity contribution is 5.64. The lowest BCUT2D eigenvalue weighted by atomic mass is 10.0. The molecule has 0 aliphatic heterocycles. The first-order chi connectivity index (χ1) is 10.3. The summed E-state index contributed by atoms with van der Waals surface area (Å²) in [7, 11) is 1.69. The average molecular weight is 274 g/mol. The number of hydrogen-bond donors (Lipinski definition) is 0. The van der Waals surface area contributed by atoms with Gasteiger partial charge in [-0.3, -0.25) is 0 Å². The molecule has 0 fully saturated rings. The van der Waals surface area contributed by atoms with E-state index in [1.54, 1.807) is 7.11 Å². The van der Waals surface area contributed by atoms with Crippen molar-refractivity contribution in [2.24, 2.45) is 0 Å². The van der Waals surface area contributed by atoms with Crippen molar-refractivity contribution >= 4 is 0 Å². The lowest BCUT2D eigenvalue weighted by Gasteiger charge is -2.06. The maximum atomic E-state index is 5.19. The molecule has 0 saturated carbocycles. The fourth-order valence-electron chi connectivity index (χ4n) is 2.43. The van der Waals surface area contributed by atoms with Gasteiger partial charge in [-0.25, -0.2) is 0 Å². The third kappa shape index (κ3) is 3.32. The number of hydrogen-bond acceptors (Lipinski definition) is 1. The van der Waals surface area contributed by atoms with Gasteiger partial charge in [0.1, 0.15) is 5.75 Å². The van der Waals surface area contributed by atoms with Gasteiger partial charge >= 0.3 is 0 Å². The van der Waals surface area contributed by atoms with Crippen molar-refractivity contribution in [3.05, 3.63) is 90.0 Å². The Labute approximate surface area is 125 Å². The summed E-state index contributed by atoms with van der Waals surface area (Å²) in [5, 5.41) is 0. The van der Waals surface area contributed by atoms with Crippen LogP contribution >= 0.6 is 0 Å². The Kier molecular flexibility index (Phi) is 4.02. The molecule has 3 aromatic rings. The number of methoxy groups -OCH3 is 1. The maximum Gasteiger partial charge on any atom is 0.118 e. The van der Waals surface area contributed by atoms with Crippen LogP contribution in [0.3, 0.4) is 0 Å². The maximum absolute atomic E-state index is 5.19. The molecule has 0 amide bonds. The predicted molar refractivity (Wildman–Crippen MR) is 87.7 cm³/mol. The van der Waals surface area contributed by atoms with Crippen LogP contribution < -0.4 is 4.74 Å². The summed E-state index contributed by atoms with van der Waals surface area (Å²) >= 11 is 0. The number of rotatable bonds is 4. The standard InChI is InChI=1S/C20H18O/c1-21-20-13-11-19(12-14-20)18-9-7-17(8-10-18)15-16-5-3-2-4-6-16/h2-14H,15H2,1H3. The Hall–Kier alpha value is -2.54. The Bertz CT molecular complexity index is 682. The minimum absolute atomic E-state index is 0.888. The van der Waals surface area contributed by atoms with E-state index in [0.717, 1.165) is 12.2 Å². The molecule has 0 aliphatic carbocycles. The zero-order chi connectivity index (χ0) is 14.5. The molecule has 0 aliphatic rings. The molecule has 104 valence electrons. The highest BCUT2D eigenvalue weighted by Gasteiger charge is 2.00. The molecule has 0 spiro atoms. The zero-order valence-corrected chi connectivity index (χ0v) is 12.1. The molecule has 0 saturated heterocycles. The van der Waals surface area contributed by atoms with Gasteiger partial charge in [-0.2, -0.15) is 0 Å². The van der Waals surface area contributed by atoms with Crippen LogP contribution in [0.2, 0.25) is 0 Å². The van der Waals surface area contributed by atoms with Crippen LogP contribution in [-0.2, 0) is 6.42 Å². The molecule has 0 bridgehead atoms. The van der Waals surface area contributed by atoms with E-state index in [1.807, 2.05) is 12.1 Å². The highest BCUT2D eigenvalue weighted by atomic mass is 16.5. The molecule has 0 radical (unpaired) electrons. The van der Waals surface area contributed by atoms with Gasteiger partial charge < -0.3 is 4.74 Å². The van der Waals surface area contributed by atoms with Crippen molar-refractivity contribution in [1.82, 2.24) is 0 Å². The fourth-order valence-corrected chi connectivity index (χ4v) is 2.43. The van der Waals surface area contributed by atoms with E-state index in [9.17, 15) is 0 Å². The van der Waals surface area contributed by atoms with Gasteiger partial charge in [-0.05, 0) is 40.8 Å². The van der Waals surface area contributed by atoms with Crippen LogP contribution in [0, 0.1) is 0 Å². The van der Waals surface area contributed by atoms with Crippen LogP contribution in [0.4, 0.5) is 0 Å². The van der Waals surface area contributed by atoms with Gasteiger partial charge in [0, 0.05) is 0 Å². The largest absolute Gasteiger partial charge is 0.497 e. The molecule has 3 rings (SSSR count). The summed E-state index contributed by atoms with van der Waals surface area (Å²) < 4.78 is 5.19. The third-order valence-electron chi connectivity index (χ3n) is 3.63. The van der Waals surface area contributed by atoms with Crippen molar-refractivity contribution in [3.63, 3.8) is 0 Å². The summed E-state index contributed by atoms with van der Waals surface area (Å²) in [6, 6.07) is 27.5. The third-order valence-corrected chi connectivity index (χ3v) is 3.63. The molecule has 0 aromatic heterocycles. The average Bonchev–Trinajstić information content (AvgIpc) is 2.57. The second-order valence-electron chi connectivity index (χ2n) is 5.09. The first-order valence-corrected chi connectivity index (χ1v) is 7.12. The van der Waals surface area contributed by atoms with Crippen molar-refractivity contribution in [1.29, 1.82) is 0 Å². The smallest absolute Gasteiger partial charge is 0.118 e. The molecule has 0 unspecified atom stereocenters.